The van der Waals surface area contributed by atoms with E-state index in [1.165, 1.54) is 0 Å². The van der Waals surface area contributed by atoms with E-state index in [0.29, 0.717) is 52.9 Å². The van der Waals surface area contributed by atoms with Crippen LogP contribution in [-0.4, -0.2) is 42.0 Å². The van der Waals surface area contributed by atoms with Gasteiger partial charge in [-0.3, -0.25) is 9.78 Å². The van der Waals surface area contributed by atoms with E-state index in [4.69, 9.17) is 27.6 Å². The lowest BCUT2D eigenvalue weighted by Gasteiger charge is -2.36. The summed E-state index contributed by atoms with van der Waals surface area (Å²) in [5, 5.41) is 0.864. The smallest absolute Gasteiger partial charge is 0.408 e. The molecule has 4 rings (SSSR count). The highest BCUT2D eigenvalue weighted by atomic mass is 35.5. The third-order valence-corrected chi connectivity index (χ3v) is 5.04. The van der Waals surface area contributed by atoms with Gasteiger partial charge in [0.2, 0.25) is 0 Å². The SMILES string of the molecule is O=C(c1ccc(Cl)cc1Cl)N1CCN(c2ccc3oc(=O)[nH]c3c2)CC1. The van der Waals surface area contributed by atoms with Gasteiger partial charge in [0.15, 0.2) is 5.58 Å². The lowest BCUT2D eigenvalue weighted by atomic mass is 10.1. The Balaban J connectivity index is 1.47. The van der Waals surface area contributed by atoms with Gasteiger partial charge < -0.3 is 14.2 Å². The summed E-state index contributed by atoms with van der Waals surface area (Å²) in [5.41, 5.74) is 2.64. The molecule has 0 radical (unpaired) electrons. The Morgan fingerprint density at radius 2 is 1.81 bits per heavy atom. The van der Waals surface area contributed by atoms with E-state index in [0.717, 1.165) is 5.69 Å². The quantitative estimate of drug-likeness (QED) is 0.726. The molecule has 6 nitrogen and oxygen atoms in total. The van der Waals surface area contributed by atoms with E-state index in [9.17, 15) is 9.59 Å². The van der Waals surface area contributed by atoms with Crippen LogP contribution in [0.4, 0.5) is 5.69 Å². The van der Waals surface area contributed by atoms with Gasteiger partial charge in [0.05, 0.1) is 16.1 Å². The normalized spacial score (nSPS) is 14.8. The van der Waals surface area contributed by atoms with Crippen LogP contribution in [0.15, 0.2) is 45.6 Å². The first-order valence-electron chi connectivity index (χ1n) is 8.13. The molecule has 0 spiro atoms. The summed E-state index contributed by atoms with van der Waals surface area (Å²) >= 11 is 12.0. The molecule has 8 heteroatoms. The summed E-state index contributed by atoms with van der Waals surface area (Å²) in [6, 6.07) is 10.5. The molecule has 1 aliphatic rings. The van der Waals surface area contributed by atoms with Crippen molar-refractivity contribution in [3.63, 3.8) is 0 Å². The summed E-state index contributed by atoms with van der Waals surface area (Å²) in [6.07, 6.45) is 0. The first-order valence-corrected chi connectivity index (χ1v) is 8.89. The number of amides is 1. The molecule has 2 aromatic carbocycles. The third-order valence-electron chi connectivity index (χ3n) is 4.50. The van der Waals surface area contributed by atoms with Gasteiger partial charge in [-0.2, -0.15) is 0 Å². The lowest BCUT2D eigenvalue weighted by molar-refractivity contribution is 0.0747. The zero-order valence-corrected chi connectivity index (χ0v) is 15.2. The number of nitrogens with zero attached hydrogens (tertiary/aromatic N) is 2. The topological polar surface area (TPSA) is 69.6 Å². The molecule has 0 unspecified atom stereocenters. The number of oxazole rings is 1. The minimum Gasteiger partial charge on any atom is -0.408 e. The number of benzene rings is 2. The first kappa shape index (κ1) is 17.0. The van der Waals surface area contributed by atoms with Gasteiger partial charge in [-0.25, -0.2) is 4.79 Å². The minimum atomic E-state index is -0.465. The van der Waals surface area contributed by atoms with Crippen LogP contribution in [0.2, 0.25) is 10.0 Å². The van der Waals surface area contributed by atoms with Gasteiger partial charge in [0.25, 0.3) is 5.91 Å². The van der Waals surface area contributed by atoms with Crippen molar-refractivity contribution in [2.45, 2.75) is 0 Å². The van der Waals surface area contributed by atoms with Crippen LogP contribution in [0.5, 0.6) is 0 Å². The second-order valence-corrected chi connectivity index (χ2v) is 6.94. The minimum absolute atomic E-state index is 0.0964. The van der Waals surface area contributed by atoms with Crippen LogP contribution in [0, 0.1) is 0 Å². The van der Waals surface area contributed by atoms with Gasteiger partial charge >= 0.3 is 5.76 Å². The van der Waals surface area contributed by atoms with E-state index < -0.39 is 5.76 Å². The molecule has 1 saturated heterocycles. The highest BCUT2D eigenvalue weighted by Crippen LogP contribution is 2.25. The van der Waals surface area contributed by atoms with Gasteiger partial charge in [-0.05, 0) is 36.4 Å². The average Bonchev–Trinajstić information content (AvgIpc) is 3.00. The Labute approximate surface area is 158 Å². The maximum absolute atomic E-state index is 12.7. The fraction of sp³-hybridized carbons (Fsp3) is 0.222. The maximum atomic E-state index is 12.7. The number of fused-ring (bicyclic) bond motifs is 1. The second kappa shape index (κ2) is 6.70. The number of nitrogens with one attached hydrogen (secondary N) is 1. The van der Waals surface area contributed by atoms with Crippen LogP contribution in [0.3, 0.4) is 0 Å². The number of hydrogen-bond acceptors (Lipinski definition) is 4. The predicted octanol–water partition coefficient (Wildman–Crippen LogP) is 3.39. The van der Waals surface area contributed by atoms with Crippen molar-refractivity contribution in [2.24, 2.45) is 0 Å². The molecule has 0 aliphatic carbocycles. The van der Waals surface area contributed by atoms with Crippen molar-refractivity contribution in [2.75, 3.05) is 31.1 Å². The zero-order chi connectivity index (χ0) is 18.3. The molecule has 1 amide bonds. The first-order chi connectivity index (χ1) is 12.5. The van der Waals surface area contributed by atoms with E-state index in [1.807, 2.05) is 12.1 Å². The van der Waals surface area contributed by atoms with Crippen LogP contribution in [0.25, 0.3) is 11.1 Å². The van der Waals surface area contributed by atoms with Crippen LogP contribution in [-0.2, 0) is 0 Å². The highest BCUT2D eigenvalue weighted by molar-refractivity contribution is 6.36. The van der Waals surface area contributed by atoms with Crippen LogP contribution < -0.4 is 10.7 Å². The fourth-order valence-electron chi connectivity index (χ4n) is 3.14. The van der Waals surface area contributed by atoms with Gasteiger partial charge in [-0.15, -0.1) is 0 Å². The summed E-state index contributed by atoms with van der Waals surface area (Å²) in [7, 11) is 0. The van der Waals surface area contributed by atoms with E-state index in [-0.39, 0.29) is 5.91 Å². The largest absolute Gasteiger partial charge is 0.417 e. The standard InChI is InChI=1S/C18H15Cl2N3O3/c19-11-1-3-13(14(20)9-11)17(24)23-7-5-22(6-8-23)12-2-4-16-15(10-12)21-18(25)26-16/h1-4,9-10H,5-8H2,(H,21,25). The van der Waals surface area contributed by atoms with E-state index >= 15 is 0 Å². The number of carbonyl (C=O) groups excluding carboxylic acids is 1. The van der Waals surface area contributed by atoms with Crippen molar-refractivity contribution < 1.29 is 9.21 Å². The maximum Gasteiger partial charge on any atom is 0.417 e. The van der Waals surface area contributed by atoms with Gasteiger partial charge in [0, 0.05) is 36.9 Å². The van der Waals surface area contributed by atoms with E-state index in [1.54, 1.807) is 29.2 Å². The number of H-pyrrole nitrogens is 1. The number of rotatable bonds is 2. The molecule has 0 saturated carbocycles. The molecule has 0 bridgehead atoms. The second-order valence-electron chi connectivity index (χ2n) is 6.10. The predicted molar refractivity (Wildman–Crippen MR) is 101 cm³/mol. The van der Waals surface area contributed by atoms with Crippen molar-refractivity contribution in [1.82, 2.24) is 9.88 Å². The number of anilines is 1. The van der Waals surface area contributed by atoms with Crippen LogP contribution >= 0.6 is 23.2 Å². The molecule has 1 N–H and O–H groups in total. The molecule has 2 heterocycles. The Bertz CT molecular complexity index is 1040. The molecule has 3 aromatic rings. The lowest BCUT2D eigenvalue weighted by Crippen LogP contribution is -2.48. The zero-order valence-electron chi connectivity index (χ0n) is 13.7. The summed E-state index contributed by atoms with van der Waals surface area (Å²) in [4.78, 5) is 30.6. The molecule has 26 heavy (non-hydrogen) atoms. The third kappa shape index (κ3) is 3.18. The molecular formula is C18H15Cl2N3O3. The Hall–Kier alpha value is -2.44. The number of halogens is 2. The molecule has 1 aromatic heterocycles. The monoisotopic (exact) mass is 391 g/mol. The molecule has 1 fully saturated rings. The molecular weight excluding hydrogens is 377 g/mol. The number of piperazine rings is 1. The Kier molecular flexibility index (Phi) is 4.38. The summed E-state index contributed by atoms with van der Waals surface area (Å²) < 4.78 is 5.02. The number of hydrogen-bond donors (Lipinski definition) is 1. The van der Waals surface area contributed by atoms with Crippen molar-refractivity contribution in [3.05, 3.63) is 62.6 Å². The van der Waals surface area contributed by atoms with Crippen molar-refractivity contribution in [1.29, 1.82) is 0 Å². The van der Waals surface area contributed by atoms with Gasteiger partial charge in [0.1, 0.15) is 0 Å². The summed E-state index contributed by atoms with van der Waals surface area (Å²) in [5.74, 6) is -0.562. The highest BCUT2D eigenvalue weighted by Gasteiger charge is 2.24. The van der Waals surface area contributed by atoms with E-state index in [2.05, 4.69) is 9.88 Å². The average molecular weight is 392 g/mol. The molecule has 1 aliphatic heterocycles. The Morgan fingerprint density at radius 1 is 1.04 bits per heavy atom. The number of carbonyl (C=O) groups is 1. The van der Waals surface area contributed by atoms with Crippen molar-refractivity contribution in [3.8, 4) is 0 Å². The van der Waals surface area contributed by atoms with Crippen molar-refractivity contribution >= 4 is 45.9 Å². The fourth-order valence-corrected chi connectivity index (χ4v) is 3.63. The molecule has 134 valence electrons. The summed E-state index contributed by atoms with van der Waals surface area (Å²) in [6.45, 7) is 2.53. The number of aromatic amines is 1. The van der Waals surface area contributed by atoms with Crippen LogP contribution in [0.1, 0.15) is 10.4 Å². The number of aromatic nitrogens is 1. The van der Waals surface area contributed by atoms with Gasteiger partial charge in [-0.1, -0.05) is 23.2 Å². The Morgan fingerprint density at radius 3 is 2.54 bits per heavy atom. The molecule has 0 atom stereocenters.